The molecule has 2 unspecified atom stereocenters. The molecule has 0 aromatic carbocycles. The van der Waals surface area contributed by atoms with Crippen LogP contribution in [0.15, 0.2) is 0 Å². The van der Waals surface area contributed by atoms with Gasteiger partial charge in [-0.15, -0.1) is 0 Å². The quantitative estimate of drug-likeness (QED) is 0.270. The average molecular weight is 460 g/mol. The first-order chi connectivity index (χ1) is 14.6. The SMILES string of the molecule is CC1CCCCCCCCCCCCC(CC(=O)NCCSSCCCC(=O)O)C1. The van der Waals surface area contributed by atoms with Gasteiger partial charge >= 0.3 is 5.97 Å². The van der Waals surface area contributed by atoms with Crippen LogP contribution in [0.4, 0.5) is 0 Å². The maximum Gasteiger partial charge on any atom is 0.303 e. The van der Waals surface area contributed by atoms with Gasteiger partial charge in [-0.1, -0.05) is 99.1 Å². The summed E-state index contributed by atoms with van der Waals surface area (Å²) >= 11 is 0. The van der Waals surface area contributed by atoms with Crippen LogP contribution < -0.4 is 5.32 Å². The minimum atomic E-state index is -0.726. The maximum atomic E-state index is 12.5. The van der Waals surface area contributed by atoms with Crippen molar-refractivity contribution in [3.05, 3.63) is 0 Å². The van der Waals surface area contributed by atoms with Crippen molar-refractivity contribution in [3.8, 4) is 0 Å². The Morgan fingerprint density at radius 3 is 2.07 bits per heavy atom. The molecule has 0 bridgehead atoms. The van der Waals surface area contributed by atoms with E-state index in [0.717, 1.165) is 17.4 Å². The van der Waals surface area contributed by atoms with Crippen molar-refractivity contribution in [1.29, 1.82) is 0 Å². The Kier molecular flexibility index (Phi) is 17.8. The molecule has 4 nitrogen and oxygen atoms in total. The van der Waals surface area contributed by atoms with Gasteiger partial charge in [0, 0.05) is 30.9 Å². The highest BCUT2D eigenvalue weighted by atomic mass is 33.1. The molecule has 1 saturated carbocycles. The van der Waals surface area contributed by atoms with Gasteiger partial charge in [0.15, 0.2) is 0 Å². The summed E-state index contributed by atoms with van der Waals surface area (Å²) in [6, 6.07) is 0. The van der Waals surface area contributed by atoms with E-state index in [2.05, 4.69) is 12.2 Å². The molecule has 0 aromatic rings. The second kappa shape index (κ2) is 19.3. The first-order valence-electron chi connectivity index (χ1n) is 12.3. The Hall–Kier alpha value is -0.360. The third-order valence-corrected chi connectivity index (χ3v) is 8.47. The molecule has 2 atom stereocenters. The second-order valence-corrected chi connectivity index (χ2v) is 11.7. The van der Waals surface area contributed by atoms with E-state index in [0.29, 0.717) is 25.3 Å². The van der Waals surface area contributed by atoms with Gasteiger partial charge in [0.2, 0.25) is 5.91 Å². The van der Waals surface area contributed by atoms with Gasteiger partial charge in [0.05, 0.1) is 0 Å². The summed E-state index contributed by atoms with van der Waals surface area (Å²) < 4.78 is 0. The topological polar surface area (TPSA) is 66.4 Å². The van der Waals surface area contributed by atoms with Crippen LogP contribution in [0.5, 0.6) is 0 Å². The lowest BCUT2D eigenvalue weighted by atomic mass is 9.86. The van der Waals surface area contributed by atoms with Gasteiger partial charge in [-0.25, -0.2) is 0 Å². The lowest BCUT2D eigenvalue weighted by molar-refractivity contribution is -0.137. The summed E-state index contributed by atoms with van der Waals surface area (Å²) in [5.41, 5.74) is 0. The molecule has 0 radical (unpaired) electrons. The van der Waals surface area contributed by atoms with Crippen LogP contribution in [0.25, 0.3) is 0 Å². The number of aliphatic carboxylic acids is 1. The zero-order valence-corrected chi connectivity index (χ0v) is 20.8. The van der Waals surface area contributed by atoms with E-state index in [4.69, 9.17) is 5.11 Å². The van der Waals surface area contributed by atoms with Crippen LogP contribution in [-0.2, 0) is 9.59 Å². The molecule has 1 amide bonds. The fourth-order valence-corrected chi connectivity index (χ4v) is 6.29. The standard InChI is InChI=1S/C24H45NO3S2/c1-21-13-10-8-6-4-2-3-5-7-9-11-14-22(19-21)20-23(26)25-16-18-30-29-17-12-15-24(27)28/h21-22H,2-20H2,1H3,(H,25,26)(H,27,28). The van der Waals surface area contributed by atoms with E-state index in [9.17, 15) is 9.59 Å². The molecule has 1 fully saturated rings. The Labute approximate surface area is 192 Å². The zero-order chi connectivity index (χ0) is 21.9. The van der Waals surface area contributed by atoms with Gasteiger partial charge in [0.25, 0.3) is 0 Å². The highest BCUT2D eigenvalue weighted by Gasteiger charge is 2.17. The van der Waals surface area contributed by atoms with Crippen LogP contribution in [0.1, 0.15) is 110 Å². The highest BCUT2D eigenvalue weighted by molar-refractivity contribution is 8.76. The van der Waals surface area contributed by atoms with Crippen LogP contribution in [0.3, 0.4) is 0 Å². The van der Waals surface area contributed by atoms with E-state index in [-0.39, 0.29) is 12.3 Å². The van der Waals surface area contributed by atoms with Crippen LogP contribution in [-0.4, -0.2) is 35.0 Å². The van der Waals surface area contributed by atoms with Crippen molar-refractivity contribution in [1.82, 2.24) is 5.32 Å². The van der Waals surface area contributed by atoms with Gasteiger partial charge in [-0.05, 0) is 31.1 Å². The molecule has 30 heavy (non-hydrogen) atoms. The third-order valence-electron chi connectivity index (χ3n) is 5.98. The zero-order valence-electron chi connectivity index (χ0n) is 19.2. The molecule has 0 aromatic heterocycles. The van der Waals surface area contributed by atoms with Gasteiger partial charge in [-0.3, -0.25) is 9.59 Å². The van der Waals surface area contributed by atoms with Gasteiger partial charge in [0.1, 0.15) is 0 Å². The molecule has 0 saturated heterocycles. The summed E-state index contributed by atoms with van der Waals surface area (Å²) in [5, 5.41) is 11.7. The number of rotatable bonds is 10. The first kappa shape index (κ1) is 27.7. The minimum absolute atomic E-state index is 0.210. The van der Waals surface area contributed by atoms with Crippen LogP contribution >= 0.6 is 21.6 Å². The molecule has 1 aliphatic carbocycles. The third kappa shape index (κ3) is 17.3. The first-order valence-corrected chi connectivity index (χ1v) is 14.8. The van der Waals surface area contributed by atoms with Crippen molar-refractivity contribution in [2.75, 3.05) is 18.1 Å². The maximum absolute atomic E-state index is 12.5. The van der Waals surface area contributed by atoms with E-state index >= 15 is 0 Å². The number of carboxylic acids is 1. The van der Waals surface area contributed by atoms with Gasteiger partial charge in [-0.2, -0.15) is 0 Å². The highest BCUT2D eigenvalue weighted by Crippen LogP contribution is 2.27. The average Bonchev–Trinajstić information content (AvgIpc) is 2.70. The largest absolute Gasteiger partial charge is 0.481 e. The van der Waals surface area contributed by atoms with Crippen LogP contribution in [0, 0.1) is 11.8 Å². The number of amides is 1. The molecule has 0 heterocycles. The van der Waals surface area contributed by atoms with E-state index < -0.39 is 5.97 Å². The summed E-state index contributed by atoms with van der Waals surface area (Å²) in [4.78, 5) is 22.9. The molecular weight excluding hydrogens is 414 g/mol. The summed E-state index contributed by atoms with van der Waals surface area (Å²) in [6.07, 6.45) is 19.0. The number of carboxylic acid groups (broad SMARTS) is 1. The number of nitrogens with one attached hydrogen (secondary N) is 1. The second-order valence-electron chi connectivity index (χ2n) is 9.02. The Bertz CT molecular complexity index is 448. The van der Waals surface area contributed by atoms with E-state index in [1.54, 1.807) is 21.6 Å². The Balaban J connectivity index is 2.24. The molecule has 1 rings (SSSR count). The van der Waals surface area contributed by atoms with Crippen molar-refractivity contribution in [2.45, 2.75) is 110 Å². The van der Waals surface area contributed by atoms with Crippen molar-refractivity contribution < 1.29 is 14.7 Å². The number of carbonyl (C=O) groups excluding carboxylic acids is 1. The number of carbonyl (C=O) groups is 2. The molecule has 6 heteroatoms. The smallest absolute Gasteiger partial charge is 0.303 e. The van der Waals surface area contributed by atoms with Crippen molar-refractivity contribution >= 4 is 33.5 Å². The van der Waals surface area contributed by atoms with E-state index in [1.807, 2.05) is 0 Å². The molecule has 0 aliphatic heterocycles. The fourth-order valence-electron chi connectivity index (χ4n) is 4.30. The number of hydrogen-bond acceptors (Lipinski definition) is 4. The summed E-state index contributed by atoms with van der Waals surface area (Å²) in [6.45, 7) is 3.08. The molecular formula is C24H45NO3S2. The Morgan fingerprint density at radius 1 is 0.867 bits per heavy atom. The fraction of sp³-hybridized carbons (Fsp3) is 0.917. The van der Waals surface area contributed by atoms with Crippen molar-refractivity contribution in [2.24, 2.45) is 11.8 Å². The van der Waals surface area contributed by atoms with Gasteiger partial charge < -0.3 is 10.4 Å². The minimum Gasteiger partial charge on any atom is -0.481 e. The summed E-state index contributed by atoms with van der Waals surface area (Å²) in [7, 11) is 3.43. The number of hydrogen-bond donors (Lipinski definition) is 2. The lowest BCUT2D eigenvalue weighted by Gasteiger charge is -2.21. The molecule has 0 spiro atoms. The summed E-state index contributed by atoms with van der Waals surface area (Å²) in [5.74, 6) is 2.47. The predicted octanol–water partition coefficient (Wildman–Crippen LogP) is 7.08. The Morgan fingerprint density at radius 2 is 1.43 bits per heavy atom. The predicted molar refractivity (Wildman–Crippen MR) is 132 cm³/mol. The van der Waals surface area contributed by atoms with Crippen molar-refractivity contribution in [3.63, 3.8) is 0 Å². The molecule has 2 N–H and O–H groups in total. The lowest BCUT2D eigenvalue weighted by Crippen LogP contribution is -2.28. The monoisotopic (exact) mass is 459 g/mol. The van der Waals surface area contributed by atoms with E-state index in [1.165, 1.54) is 83.5 Å². The molecule has 176 valence electrons. The van der Waals surface area contributed by atoms with Crippen LogP contribution in [0.2, 0.25) is 0 Å². The normalized spacial score (nSPS) is 22.6. The molecule has 1 aliphatic rings.